The van der Waals surface area contributed by atoms with Crippen LogP contribution in [0.1, 0.15) is 37.2 Å². The molecule has 0 bridgehead atoms. The first kappa shape index (κ1) is 11.9. The SMILES string of the molecule is C=CCCC(NN)c1cc(C)nn1CC. The van der Waals surface area contributed by atoms with Crippen molar-refractivity contribution in [2.45, 2.75) is 39.3 Å². The monoisotopic (exact) mass is 208 g/mol. The zero-order valence-electron chi connectivity index (χ0n) is 9.53. The number of aryl methyl sites for hydroxylation is 2. The molecule has 84 valence electrons. The topological polar surface area (TPSA) is 55.9 Å². The lowest BCUT2D eigenvalue weighted by atomic mass is 10.1. The fourth-order valence-electron chi connectivity index (χ4n) is 1.70. The molecule has 0 saturated carbocycles. The standard InChI is InChI=1S/C11H20N4/c1-4-6-7-10(13-12)11-8-9(3)14-15(11)5-2/h4,8,10,13H,1,5-7,12H2,2-3H3. The van der Waals surface area contributed by atoms with E-state index in [1.165, 1.54) is 0 Å². The summed E-state index contributed by atoms with van der Waals surface area (Å²) in [5.74, 6) is 5.55. The van der Waals surface area contributed by atoms with Gasteiger partial charge >= 0.3 is 0 Å². The summed E-state index contributed by atoms with van der Waals surface area (Å²) in [6, 6.07) is 2.24. The van der Waals surface area contributed by atoms with Gasteiger partial charge in [0.1, 0.15) is 0 Å². The van der Waals surface area contributed by atoms with Gasteiger partial charge in [0.25, 0.3) is 0 Å². The molecule has 0 radical (unpaired) electrons. The lowest BCUT2D eigenvalue weighted by molar-refractivity contribution is 0.469. The minimum absolute atomic E-state index is 0.157. The van der Waals surface area contributed by atoms with Crippen molar-refractivity contribution in [3.05, 3.63) is 30.1 Å². The summed E-state index contributed by atoms with van der Waals surface area (Å²) < 4.78 is 1.99. The maximum Gasteiger partial charge on any atom is 0.0632 e. The number of rotatable bonds is 6. The summed E-state index contributed by atoms with van der Waals surface area (Å²) in [5.41, 5.74) is 5.02. The van der Waals surface area contributed by atoms with Crippen LogP contribution < -0.4 is 11.3 Å². The smallest absolute Gasteiger partial charge is 0.0632 e. The molecule has 1 unspecified atom stereocenters. The summed E-state index contributed by atoms with van der Waals surface area (Å²) in [7, 11) is 0. The fourth-order valence-corrected chi connectivity index (χ4v) is 1.70. The third kappa shape index (κ3) is 2.91. The predicted molar refractivity (Wildman–Crippen MR) is 62.1 cm³/mol. The minimum Gasteiger partial charge on any atom is -0.271 e. The lowest BCUT2D eigenvalue weighted by Crippen LogP contribution is -2.29. The first-order chi connectivity index (χ1) is 7.22. The molecule has 0 aromatic carbocycles. The zero-order valence-corrected chi connectivity index (χ0v) is 9.53. The van der Waals surface area contributed by atoms with Gasteiger partial charge in [0.15, 0.2) is 0 Å². The highest BCUT2D eigenvalue weighted by atomic mass is 15.3. The normalized spacial score (nSPS) is 12.7. The molecule has 0 amide bonds. The van der Waals surface area contributed by atoms with E-state index in [4.69, 9.17) is 5.84 Å². The Morgan fingerprint density at radius 1 is 1.73 bits per heavy atom. The number of allylic oxidation sites excluding steroid dienone is 1. The molecule has 4 nitrogen and oxygen atoms in total. The molecule has 0 saturated heterocycles. The Labute approximate surface area is 91.1 Å². The Bertz CT molecular complexity index is 316. The summed E-state index contributed by atoms with van der Waals surface area (Å²) in [6.07, 6.45) is 3.80. The first-order valence-corrected chi connectivity index (χ1v) is 5.34. The van der Waals surface area contributed by atoms with Gasteiger partial charge in [-0.3, -0.25) is 16.0 Å². The molecule has 1 aromatic rings. The van der Waals surface area contributed by atoms with Crippen molar-refractivity contribution in [3.8, 4) is 0 Å². The highest BCUT2D eigenvalue weighted by Crippen LogP contribution is 2.18. The van der Waals surface area contributed by atoms with Crippen molar-refractivity contribution in [1.29, 1.82) is 0 Å². The second kappa shape index (κ2) is 5.68. The van der Waals surface area contributed by atoms with Crippen molar-refractivity contribution in [1.82, 2.24) is 15.2 Å². The van der Waals surface area contributed by atoms with Crippen LogP contribution in [0, 0.1) is 6.92 Å². The second-order valence-electron chi connectivity index (χ2n) is 3.61. The Morgan fingerprint density at radius 2 is 2.47 bits per heavy atom. The van der Waals surface area contributed by atoms with Crippen LogP contribution in [0.25, 0.3) is 0 Å². The van der Waals surface area contributed by atoms with Gasteiger partial charge in [-0.15, -0.1) is 6.58 Å². The van der Waals surface area contributed by atoms with Crippen LogP contribution in [-0.4, -0.2) is 9.78 Å². The average molecular weight is 208 g/mol. The molecule has 0 aliphatic carbocycles. The van der Waals surface area contributed by atoms with Gasteiger partial charge < -0.3 is 0 Å². The molecule has 1 rings (SSSR count). The molecule has 4 heteroatoms. The maximum absolute atomic E-state index is 5.55. The van der Waals surface area contributed by atoms with Crippen LogP contribution in [-0.2, 0) is 6.54 Å². The Balaban J connectivity index is 2.84. The van der Waals surface area contributed by atoms with E-state index in [1.54, 1.807) is 0 Å². The molecule has 0 spiro atoms. The lowest BCUT2D eigenvalue weighted by Gasteiger charge is -2.16. The Hall–Kier alpha value is -1.13. The zero-order chi connectivity index (χ0) is 11.3. The first-order valence-electron chi connectivity index (χ1n) is 5.34. The van der Waals surface area contributed by atoms with Crippen molar-refractivity contribution >= 4 is 0 Å². The second-order valence-corrected chi connectivity index (χ2v) is 3.61. The third-order valence-electron chi connectivity index (χ3n) is 2.45. The molecule has 3 N–H and O–H groups in total. The fraction of sp³-hybridized carbons (Fsp3) is 0.545. The predicted octanol–water partition coefficient (Wildman–Crippen LogP) is 1.68. The van der Waals surface area contributed by atoms with Crippen molar-refractivity contribution in [3.63, 3.8) is 0 Å². The number of nitrogens with two attached hydrogens (primary N) is 1. The summed E-state index contributed by atoms with van der Waals surface area (Å²) >= 11 is 0. The molecule has 0 aliphatic heterocycles. The quantitative estimate of drug-likeness (QED) is 0.425. The van der Waals surface area contributed by atoms with E-state index < -0.39 is 0 Å². The van der Waals surface area contributed by atoms with E-state index in [0.29, 0.717) is 0 Å². The Morgan fingerprint density at radius 3 is 3.00 bits per heavy atom. The van der Waals surface area contributed by atoms with E-state index in [9.17, 15) is 0 Å². The molecule has 1 heterocycles. The van der Waals surface area contributed by atoms with Crippen LogP contribution in [0.4, 0.5) is 0 Å². The van der Waals surface area contributed by atoms with Gasteiger partial charge in [-0.05, 0) is 32.8 Å². The van der Waals surface area contributed by atoms with Gasteiger partial charge in [0.2, 0.25) is 0 Å². The van der Waals surface area contributed by atoms with Crippen LogP contribution in [0.3, 0.4) is 0 Å². The van der Waals surface area contributed by atoms with Gasteiger partial charge in [-0.25, -0.2) is 0 Å². The molecule has 15 heavy (non-hydrogen) atoms. The van der Waals surface area contributed by atoms with Crippen molar-refractivity contribution < 1.29 is 0 Å². The average Bonchev–Trinajstić information content (AvgIpc) is 2.61. The van der Waals surface area contributed by atoms with E-state index in [1.807, 2.05) is 17.7 Å². The molecular formula is C11H20N4. The van der Waals surface area contributed by atoms with Gasteiger partial charge in [0.05, 0.1) is 17.4 Å². The number of nitrogens with zero attached hydrogens (tertiary/aromatic N) is 2. The summed E-state index contributed by atoms with van der Waals surface area (Å²) in [5, 5.41) is 4.40. The van der Waals surface area contributed by atoms with E-state index >= 15 is 0 Å². The molecule has 0 aliphatic rings. The number of hydrogen-bond acceptors (Lipinski definition) is 3. The van der Waals surface area contributed by atoms with Crippen LogP contribution in [0.2, 0.25) is 0 Å². The minimum atomic E-state index is 0.157. The maximum atomic E-state index is 5.55. The molecular weight excluding hydrogens is 188 g/mol. The number of hydrazine groups is 1. The molecule has 1 aromatic heterocycles. The third-order valence-corrected chi connectivity index (χ3v) is 2.45. The van der Waals surface area contributed by atoms with Crippen molar-refractivity contribution in [2.24, 2.45) is 5.84 Å². The summed E-state index contributed by atoms with van der Waals surface area (Å²) in [4.78, 5) is 0. The van der Waals surface area contributed by atoms with Gasteiger partial charge in [0, 0.05) is 6.54 Å². The Kier molecular flexibility index (Phi) is 4.52. The highest BCUT2D eigenvalue weighted by molar-refractivity contribution is 5.13. The van der Waals surface area contributed by atoms with Gasteiger partial charge in [-0.1, -0.05) is 6.08 Å². The van der Waals surface area contributed by atoms with Crippen LogP contribution >= 0.6 is 0 Å². The largest absolute Gasteiger partial charge is 0.271 e. The van der Waals surface area contributed by atoms with Crippen molar-refractivity contribution in [2.75, 3.05) is 0 Å². The number of nitrogens with one attached hydrogen (secondary N) is 1. The highest BCUT2D eigenvalue weighted by Gasteiger charge is 2.14. The van der Waals surface area contributed by atoms with E-state index in [0.717, 1.165) is 30.8 Å². The molecule has 0 fully saturated rings. The molecule has 1 atom stereocenters. The van der Waals surface area contributed by atoms with Gasteiger partial charge in [-0.2, -0.15) is 5.10 Å². The van der Waals surface area contributed by atoms with E-state index in [-0.39, 0.29) is 6.04 Å². The number of hydrogen-bond donors (Lipinski definition) is 2. The van der Waals surface area contributed by atoms with Crippen LogP contribution in [0.5, 0.6) is 0 Å². The number of aromatic nitrogens is 2. The summed E-state index contributed by atoms with van der Waals surface area (Å²) in [6.45, 7) is 8.66. The van der Waals surface area contributed by atoms with Crippen LogP contribution in [0.15, 0.2) is 18.7 Å². The van der Waals surface area contributed by atoms with E-state index in [2.05, 4.69) is 30.1 Å².